The number of carbonyl (C=O) groups is 2. The molecular weight excluding hydrogens is 468 g/mol. The summed E-state index contributed by atoms with van der Waals surface area (Å²) in [5.74, 6) is 0.249. The van der Waals surface area contributed by atoms with Crippen molar-refractivity contribution >= 4 is 56.1 Å². The van der Waals surface area contributed by atoms with Gasteiger partial charge in [0.05, 0.1) is 5.56 Å². The van der Waals surface area contributed by atoms with Crippen molar-refractivity contribution in [2.75, 3.05) is 0 Å². The van der Waals surface area contributed by atoms with Crippen LogP contribution in [0.25, 0.3) is 17.0 Å². The maximum Gasteiger partial charge on any atom is 0.379 e. The van der Waals surface area contributed by atoms with Gasteiger partial charge in [-0.3, -0.25) is 4.79 Å². The SMILES string of the molecule is Cc1c(OC(=O)c2cc3cc(Br)ccc3o2)ccc2c1O/C(=C\c1cccs1)C2=O. The standard InChI is InChI=1S/C23H13BrO5S/c1-12-17(29-23(26)20-10-13-9-14(24)4-6-18(13)27-20)7-5-16-21(25)19(28-22(12)16)11-15-3-2-8-30-15/h2-11H,1H3/b19-11-. The van der Waals surface area contributed by atoms with Crippen molar-refractivity contribution in [3.8, 4) is 11.5 Å². The Morgan fingerprint density at radius 3 is 2.83 bits per heavy atom. The fourth-order valence-corrected chi connectivity index (χ4v) is 4.27. The van der Waals surface area contributed by atoms with Crippen LogP contribution in [0.2, 0.25) is 0 Å². The van der Waals surface area contributed by atoms with Gasteiger partial charge in [0.25, 0.3) is 0 Å². The molecule has 0 amide bonds. The molecule has 0 N–H and O–H groups in total. The molecule has 4 aromatic rings. The number of ether oxygens (including phenoxy) is 2. The maximum atomic E-state index is 12.6. The summed E-state index contributed by atoms with van der Waals surface area (Å²) in [6, 6.07) is 14.1. The molecule has 0 atom stereocenters. The molecule has 3 heterocycles. The normalized spacial score (nSPS) is 14.2. The molecule has 0 fully saturated rings. The minimum absolute atomic E-state index is 0.0956. The van der Waals surface area contributed by atoms with Crippen LogP contribution in [-0.4, -0.2) is 11.8 Å². The molecular formula is C23H13BrO5S. The number of thiophene rings is 1. The molecule has 1 aliphatic heterocycles. The number of fused-ring (bicyclic) bond motifs is 2. The van der Waals surface area contributed by atoms with Crippen LogP contribution in [0.15, 0.2) is 68.6 Å². The molecule has 5 rings (SSSR count). The van der Waals surface area contributed by atoms with Crippen molar-refractivity contribution < 1.29 is 23.5 Å². The lowest BCUT2D eigenvalue weighted by atomic mass is 10.1. The number of ketones is 1. The van der Waals surface area contributed by atoms with Gasteiger partial charge in [-0.25, -0.2) is 4.79 Å². The van der Waals surface area contributed by atoms with Gasteiger partial charge in [-0.2, -0.15) is 0 Å². The van der Waals surface area contributed by atoms with Crippen LogP contribution in [0.4, 0.5) is 0 Å². The van der Waals surface area contributed by atoms with Crippen LogP contribution in [0.1, 0.15) is 31.4 Å². The van der Waals surface area contributed by atoms with Crippen LogP contribution in [0.5, 0.6) is 11.5 Å². The lowest BCUT2D eigenvalue weighted by molar-refractivity contribution is 0.0702. The first-order valence-corrected chi connectivity index (χ1v) is 10.7. The molecule has 1 aliphatic rings. The summed E-state index contributed by atoms with van der Waals surface area (Å²) in [6.45, 7) is 1.75. The predicted octanol–water partition coefficient (Wildman–Crippen LogP) is 6.40. The van der Waals surface area contributed by atoms with Crippen LogP contribution >= 0.6 is 27.3 Å². The molecule has 7 heteroatoms. The molecule has 2 aromatic carbocycles. The second kappa shape index (κ2) is 7.27. The summed E-state index contributed by atoms with van der Waals surface area (Å²) >= 11 is 4.91. The zero-order chi connectivity index (χ0) is 20.8. The summed E-state index contributed by atoms with van der Waals surface area (Å²) < 4.78 is 17.8. The van der Waals surface area contributed by atoms with Gasteiger partial charge < -0.3 is 13.9 Å². The first kappa shape index (κ1) is 18.8. The monoisotopic (exact) mass is 480 g/mol. The maximum absolute atomic E-state index is 12.6. The highest BCUT2D eigenvalue weighted by Gasteiger charge is 2.31. The third-order valence-electron chi connectivity index (χ3n) is 4.74. The Labute approximate surface area is 183 Å². The number of hydrogen-bond donors (Lipinski definition) is 0. The molecule has 30 heavy (non-hydrogen) atoms. The molecule has 0 radical (unpaired) electrons. The van der Waals surface area contributed by atoms with Gasteiger partial charge in [0.15, 0.2) is 5.76 Å². The van der Waals surface area contributed by atoms with Gasteiger partial charge in [0.1, 0.15) is 17.1 Å². The molecule has 0 spiro atoms. The zero-order valence-electron chi connectivity index (χ0n) is 15.6. The van der Waals surface area contributed by atoms with E-state index in [-0.39, 0.29) is 17.3 Å². The highest BCUT2D eigenvalue weighted by Crippen LogP contribution is 2.39. The Kier molecular flexibility index (Phi) is 4.56. The van der Waals surface area contributed by atoms with E-state index in [9.17, 15) is 9.59 Å². The molecule has 0 unspecified atom stereocenters. The van der Waals surface area contributed by atoms with Crippen molar-refractivity contribution in [1.82, 2.24) is 0 Å². The van der Waals surface area contributed by atoms with Gasteiger partial charge in [0, 0.05) is 26.4 Å². The highest BCUT2D eigenvalue weighted by molar-refractivity contribution is 9.10. The van der Waals surface area contributed by atoms with E-state index in [0.29, 0.717) is 28.2 Å². The molecule has 0 saturated carbocycles. The van der Waals surface area contributed by atoms with Gasteiger partial charge in [0.2, 0.25) is 11.5 Å². The lowest BCUT2D eigenvalue weighted by Crippen LogP contribution is -2.08. The number of Topliss-reactive ketones (excluding diaryl/α,β-unsaturated/α-hetero) is 1. The minimum atomic E-state index is -0.621. The third kappa shape index (κ3) is 3.26. The lowest BCUT2D eigenvalue weighted by Gasteiger charge is -2.09. The van der Waals surface area contributed by atoms with Crippen molar-refractivity contribution in [2.24, 2.45) is 0 Å². The number of carbonyl (C=O) groups excluding carboxylic acids is 2. The first-order chi connectivity index (χ1) is 14.5. The minimum Gasteiger partial charge on any atom is -0.452 e. The second-order valence-electron chi connectivity index (χ2n) is 6.70. The van der Waals surface area contributed by atoms with E-state index < -0.39 is 5.97 Å². The smallest absolute Gasteiger partial charge is 0.379 e. The van der Waals surface area contributed by atoms with E-state index in [1.165, 1.54) is 11.3 Å². The summed E-state index contributed by atoms with van der Waals surface area (Å²) in [7, 11) is 0. The molecule has 148 valence electrons. The van der Waals surface area contributed by atoms with Crippen molar-refractivity contribution in [3.63, 3.8) is 0 Å². The fourth-order valence-electron chi connectivity index (χ4n) is 3.25. The Balaban J connectivity index is 1.43. The van der Waals surface area contributed by atoms with Crippen LogP contribution < -0.4 is 9.47 Å². The van der Waals surface area contributed by atoms with Gasteiger partial charge in [-0.1, -0.05) is 22.0 Å². The number of allylic oxidation sites excluding steroid dienone is 1. The van der Waals surface area contributed by atoms with Gasteiger partial charge >= 0.3 is 5.97 Å². The van der Waals surface area contributed by atoms with Gasteiger partial charge in [-0.15, -0.1) is 11.3 Å². The van der Waals surface area contributed by atoms with E-state index in [1.54, 1.807) is 37.3 Å². The van der Waals surface area contributed by atoms with Crippen LogP contribution in [0, 0.1) is 6.92 Å². The highest BCUT2D eigenvalue weighted by atomic mass is 79.9. The zero-order valence-corrected chi connectivity index (χ0v) is 18.0. The summed E-state index contributed by atoms with van der Waals surface area (Å²) in [5, 5.41) is 2.72. The number of halogens is 1. The van der Waals surface area contributed by atoms with Crippen molar-refractivity contribution in [3.05, 3.63) is 85.9 Å². The van der Waals surface area contributed by atoms with E-state index in [4.69, 9.17) is 13.9 Å². The molecule has 0 aliphatic carbocycles. The summed E-state index contributed by atoms with van der Waals surface area (Å²) in [6.07, 6.45) is 1.71. The molecule has 0 saturated heterocycles. The fraction of sp³-hybridized carbons (Fsp3) is 0.0435. The topological polar surface area (TPSA) is 65.7 Å². The van der Waals surface area contributed by atoms with Crippen LogP contribution in [-0.2, 0) is 0 Å². The van der Waals surface area contributed by atoms with Crippen LogP contribution in [0.3, 0.4) is 0 Å². The number of esters is 1. The first-order valence-electron chi connectivity index (χ1n) is 9.02. The molecule has 0 bridgehead atoms. The predicted molar refractivity (Wildman–Crippen MR) is 117 cm³/mol. The Morgan fingerprint density at radius 1 is 1.17 bits per heavy atom. The van der Waals surface area contributed by atoms with E-state index >= 15 is 0 Å². The van der Waals surface area contributed by atoms with Crippen molar-refractivity contribution in [2.45, 2.75) is 6.92 Å². The average Bonchev–Trinajstić information content (AvgIpc) is 3.45. The molecule has 5 nitrogen and oxygen atoms in total. The molecule has 2 aromatic heterocycles. The number of hydrogen-bond acceptors (Lipinski definition) is 6. The number of benzene rings is 2. The summed E-state index contributed by atoms with van der Waals surface area (Å²) in [4.78, 5) is 26.2. The number of furan rings is 1. The third-order valence-corrected chi connectivity index (χ3v) is 6.05. The largest absolute Gasteiger partial charge is 0.452 e. The second-order valence-corrected chi connectivity index (χ2v) is 8.60. The number of rotatable bonds is 3. The Hall–Kier alpha value is -3.16. The van der Waals surface area contributed by atoms with Gasteiger partial charge in [-0.05, 0) is 54.8 Å². The van der Waals surface area contributed by atoms with E-state index in [0.717, 1.165) is 14.7 Å². The average molecular weight is 481 g/mol. The Morgan fingerprint density at radius 2 is 2.03 bits per heavy atom. The van der Waals surface area contributed by atoms with E-state index in [1.807, 2.05) is 29.6 Å². The Bertz CT molecular complexity index is 1350. The van der Waals surface area contributed by atoms with Crippen molar-refractivity contribution in [1.29, 1.82) is 0 Å². The van der Waals surface area contributed by atoms with E-state index in [2.05, 4.69) is 15.9 Å². The summed E-state index contributed by atoms with van der Waals surface area (Å²) in [5.41, 5.74) is 1.61. The quantitative estimate of drug-likeness (QED) is 0.193.